The third-order valence-corrected chi connectivity index (χ3v) is 3.79. The summed E-state index contributed by atoms with van der Waals surface area (Å²) < 4.78 is 18.5. The minimum atomic E-state index is 0.191. The van der Waals surface area contributed by atoms with E-state index in [9.17, 15) is 0 Å². The van der Waals surface area contributed by atoms with Gasteiger partial charge in [0.2, 0.25) is 5.89 Å². The number of methoxy groups -OCH3 is 1. The topological polar surface area (TPSA) is 75.2 Å². The zero-order chi connectivity index (χ0) is 17.8. The molecular formula is C19H16N4O3. The Hall–Kier alpha value is -3.61. The van der Waals surface area contributed by atoms with Gasteiger partial charge in [-0.15, -0.1) is 10.2 Å². The molecule has 0 N–H and O–H groups in total. The van der Waals surface area contributed by atoms with Gasteiger partial charge in [0.15, 0.2) is 6.61 Å². The Labute approximate surface area is 149 Å². The third kappa shape index (κ3) is 3.41. The molecule has 0 spiro atoms. The SMILES string of the molecule is COc1ccc(-c2nnc(COc3cccc(-n4ccnc4)c3)o2)cc1. The standard InChI is InChI=1S/C19H16N4O3/c1-24-16-7-5-14(6-8-16)19-22-21-18(26-19)12-25-17-4-2-3-15(11-17)23-10-9-20-13-23/h2-11,13H,12H2,1H3. The summed E-state index contributed by atoms with van der Waals surface area (Å²) in [6.07, 6.45) is 5.34. The van der Waals surface area contributed by atoms with Crippen LogP contribution in [0.4, 0.5) is 0 Å². The van der Waals surface area contributed by atoms with Gasteiger partial charge in [0.1, 0.15) is 11.5 Å². The van der Waals surface area contributed by atoms with Crippen molar-refractivity contribution >= 4 is 0 Å². The second-order valence-electron chi connectivity index (χ2n) is 5.49. The summed E-state index contributed by atoms with van der Waals surface area (Å²) in [6, 6.07) is 15.1. The molecule has 2 aromatic heterocycles. The van der Waals surface area contributed by atoms with Gasteiger partial charge in [0, 0.05) is 24.0 Å². The van der Waals surface area contributed by atoms with Crippen molar-refractivity contribution in [1.82, 2.24) is 19.7 Å². The molecule has 4 rings (SSSR count). The molecule has 0 aliphatic carbocycles. The summed E-state index contributed by atoms with van der Waals surface area (Å²) in [7, 11) is 1.62. The predicted molar refractivity (Wildman–Crippen MR) is 94.2 cm³/mol. The number of ether oxygens (including phenoxy) is 2. The maximum Gasteiger partial charge on any atom is 0.254 e. The van der Waals surface area contributed by atoms with Crippen LogP contribution in [-0.2, 0) is 6.61 Å². The molecule has 0 aliphatic heterocycles. The van der Waals surface area contributed by atoms with Crippen molar-refractivity contribution < 1.29 is 13.9 Å². The highest BCUT2D eigenvalue weighted by atomic mass is 16.5. The second-order valence-corrected chi connectivity index (χ2v) is 5.49. The molecule has 0 amide bonds. The van der Waals surface area contributed by atoms with Crippen LogP contribution in [0.2, 0.25) is 0 Å². The number of hydrogen-bond donors (Lipinski definition) is 0. The van der Waals surface area contributed by atoms with Gasteiger partial charge in [-0.1, -0.05) is 6.07 Å². The van der Waals surface area contributed by atoms with Crippen LogP contribution in [0.15, 0.2) is 71.7 Å². The largest absolute Gasteiger partial charge is 0.497 e. The lowest BCUT2D eigenvalue weighted by Crippen LogP contribution is -1.97. The van der Waals surface area contributed by atoms with E-state index in [1.807, 2.05) is 59.3 Å². The molecule has 0 fully saturated rings. The second kappa shape index (κ2) is 7.10. The zero-order valence-corrected chi connectivity index (χ0v) is 14.1. The van der Waals surface area contributed by atoms with Crippen LogP contribution in [0, 0.1) is 0 Å². The van der Waals surface area contributed by atoms with E-state index < -0.39 is 0 Å². The molecule has 0 saturated heterocycles. The van der Waals surface area contributed by atoms with E-state index in [0.717, 1.165) is 17.0 Å². The zero-order valence-electron chi connectivity index (χ0n) is 14.1. The average molecular weight is 348 g/mol. The maximum absolute atomic E-state index is 5.77. The molecule has 0 unspecified atom stereocenters. The van der Waals surface area contributed by atoms with E-state index in [-0.39, 0.29) is 6.61 Å². The quantitative estimate of drug-likeness (QED) is 0.531. The van der Waals surface area contributed by atoms with Crippen molar-refractivity contribution in [2.24, 2.45) is 0 Å². The minimum Gasteiger partial charge on any atom is -0.497 e. The average Bonchev–Trinajstić information content (AvgIpc) is 3.39. The lowest BCUT2D eigenvalue weighted by Gasteiger charge is -2.06. The van der Waals surface area contributed by atoms with Crippen molar-refractivity contribution in [3.05, 3.63) is 73.1 Å². The van der Waals surface area contributed by atoms with Gasteiger partial charge >= 0.3 is 0 Å². The first-order valence-corrected chi connectivity index (χ1v) is 8.00. The van der Waals surface area contributed by atoms with Crippen molar-refractivity contribution in [3.63, 3.8) is 0 Å². The highest BCUT2D eigenvalue weighted by Gasteiger charge is 2.09. The van der Waals surface area contributed by atoms with Crippen molar-refractivity contribution in [3.8, 4) is 28.6 Å². The van der Waals surface area contributed by atoms with E-state index in [4.69, 9.17) is 13.9 Å². The number of imidazole rings is 1. The van der Waals surface area contributed by atoms with Gasteiger partial charge in [-0.05, 0) is 36.4 Å². The Morgan fingerprint density at radius 3 is 2.69 bits per heavy atom. The number of hydrogen-bond acceptors (Lipinski definition) is 6. The molecule has 2 aromatic carbocycles. The Bertz CT molecular complexity index is 978. The Kier molecular flexibility index (Phi) is 4.34. The number of benzene rings is 2. The van der Waals surface area contributed by atoms with E-state index in [0.29, 0.717) is 17.5 Å². The van der Waals surface area contributed by atoms with E-state index in [1.54, 1.807) is 19.6 Å². The Morgan fingerprint density at radius 2 is 1.92 bits per heavy atom. The highest BCUT2D eigenvalue weighted by Crippen LogP contribution is 2.22. The summed E-state index contributed by atoms with van der Waals surface area (Å²) >= 11 is 0. The molecule has 0 atom stereocenters. The van der Waals surface area contributed by atoms with Crippen LogP contribution in [-0.4, -0.2) is 26.9 Å². The molecule has 0 bridgehead atoms. The predicted octanol–water partition coefficient (Wildman–Crippen LogP) is 3.51. The van der Waals surface area contributed by atoms with Crippen LogP contribution in [0.5, 0.6) is 11.5 Å². The van der Waals surface area contributed by atoms with Crippen LogP contribution >= 0.6 is 0 Å². The van der Waals surface area contributed by atoms with Gasteiger partial charge in [0.25, 0.3) is 5.89 Å². The number of nitrogens with zero attached hydrogens (tertiary/aromatic N) is 4. The molecule has 130 valence electrons. The summed E-state index contributed by atoms with van der Waals surface area (Å²) in [6.45, 7) is 0.191. The van der Waals surface area contributed by atoms with E-state index in [2.05, 4.69) is 15.2 Å². The fraction of sp³-hybridized carbons (Fsp3) is 0.105. The minimum absolute atomic E-state index is 0.191. The lowest BCUT2D eigenvalue weighted by molar-refractivity contribution is 0.264. The molecule has 2 heterocycles. The Morgan fingerprint density at radius 1 is 1.04 bits per heavy atom. The first kappa shape index (κ1) is 15.9. The monoisotopic (exact) mass is 348 g/mol. The molecule has 7 heteroatoms. The van der Waals surface area contributed by atoms with Gasteiger partial charge in [0.05, 0.1) is 19.1 Å². The highest BCUT2D eigenvalue weighted by molar-refractivity contribution is 5.53. The maximum atomic E-state index is 5.77. The first-order valence-electron chi connectivity index (χ1n) is 8.00. The fourth-order valence-electron chi connectivity index (χ4n) is 2.45. The molecule has 0 aliphatic rings. The molecule has 26 heavy (non-hydrogen) atoms. The van der Waals surface area contributed by atoms with Crippen molar-refractivity contribution in [1.29, 1.82) is 0 Å². The van der Waals surface area contributed by atoms with Gasteiger partial charge < -0.3 is 18.5 Å². The lowest BCUT2D eigenvalue weighted by atomic mass is 10.2. The van der Waals surface area contributed by atoms with Gasteiger partial charge in [-0.2, -0.15) is 0 Å². The van der Waals surface area contributed by atoms with Crippen molar-refractivity contribution in [2.75, 3.05) is 7.11 Å². The van der Waals surface area contributed by atoms with Crippen molar-refractivity contribution in [2.45, 2.75) is 6.61 Å². The van der Waals surface area contributed by atoms with Crippen LogP contribution < -0.4 is 9.47 Å². The molecule has 4 aromatic rings. The summed E-state index contributed by atoms with van der Waals surface area (Å²) in [5.74, 6) is 2.33. The normalized spacial score (nSPS) is 10.7. The fourth-order valence-corrected chi connectivity index (χ4v) is 2.45. The van der Waals surface area contributed by atoms with Crippen LogP contribution in [0.1, 0.15) is 5.89 Å². The Balaban J connectivity index is 1.44. The summed E-state index contributed by atoms with van der Waals surface area (Å²) in [4.78, 5) is 4.05. The third-order valence-electron chi connectivity index (χ3n) is 3.79. The molecule has 0 saturated carbocycles. The van der Waals surface area contributed by atoms with E-state index in [1.165, 1.54) is 0 Å². The van der Waals surface area contributed by atoms with Gasteiger partial charge in [-0.3, -0.25) is 0 Å². The molecule has 7 nitrogen and oxygen atoms in total. The van der Waals surface area contributed by atoms with E-state index >= 15 is 0 Å². The summed E-state index contributed by atoms with van der Waals surface area (Å²) in [5.41, 5.74) is 1.79. The summed E-state index contributed by atoms with van der Waals surface area (Å²) in [5, 5.41) is 8.10. The number of aromatic nitrogens is 4. The number of rotatable bonds is 6. The molecular weight excluding hydrogens is 332 g/mol. The van der Waals surface area contributed by atoms with Crippen LogP contribution in [0.3, 0.4) is 0 Å². The van der Waals surface area contributed by atoms with Gasteiger partial charge in [-0.25, -0.2) is 4.98 Å². The smallest absolute Gasteiger partial charge is 0.254 e. The first-order chi connectivity index (χ1) is 12.8. The van der Waals surface area contributed by atoms with Crippen LogP contribution in [0.25, 0.3) is 17.1 Å². The molecule has 0 radical (unpaired) electrons.